The number of carbonyl (C=O) groups excluding carboxylic acids is 2. The molecule has 11 heteroatoms. The summed E-state index contributed by atoms with van der Waals surface area (Å²) in [6, 6.07) is 7.45. The highest BCUT2D eigenvalue weighted by Gasteiger charge is 2.35. The van der Waals surface area contributed by atoms with Gasteiger partial charge in [-0.3, -0.25) is 14.6 Å². The minimum Gasteiger partial charge on any atom is -0.368 e. The minimum atomic E-state index is -1.08. The molecule has 0 spiro atoms. The Kier molecular flexibility index (Phi) is 6.37. The molecule has 2 amide bonds. The molecule has 3 aromatic heterocycles. The van der Waals surface area contributed by atoms with Crippen molar-refractivity contribution in [2.75, 3.05) is 0 Å². The Morgan fingerprint density at radius 2 is 2.11 bits per heavy atom. The van der Waals surface area contributed by atoms with Crippen molar-refractivity contribution in [3.8, 4) is 5.69 Å². The first-order valence-electron chi connectivity index (χ1n) is 11.9. The fourth-order valence-corrected chi connectivity index (χ4v) is 5.21. The molecule has 2 atom stereocenters. The lowest BCUT2D eigenvalue weighted by Gasteiger charge is -2.24. The summed E-state index contributed by atoms with van der Waals surface area (Å²) in [6.07, 6.45) is 6.34. The monoisotopic (exact) mass is 560 g/mol. The number of carbonyl (C=O) groups is 2. The number of hydrogen-bond donors (Lipinski definition) is 2. The fraction of sp³-hybridized carbons (Fsp3) is 0.346. The van der Waals surface area contributed by atoms with E-state index in [0.717, 1.165) is 23.6 Å². The van der Waals surface area contributed by atoms with Crippen molar-refractivity contribution in [2.45, 2.75) is 45.1 Å². The number of amides is 2. The molecule has 1 aromatic carbocycles. The third-order valence-electron chi connectivity index (χ3n) is 6.90. The van der Waals surface area contributed by atoms with Gasteiger partial charge < -0.3 is 11.1 Å². The Bertz CT molecular complexity index is 1590. The summed E-state index contributed by atoms with van der Waals surface area (Å²) in [4.78, 5) is 41.7. The van der Waals surface area contributed by atoms with E-state index in [1.54, 1.807) is 37.0 Å². The van der Waals surface area contributed by atoms with Crippen LogP contribution in [-0.2, 0) is 16.0 Å². The van der Waals surface area contributed by atoms with Gasteiger partial charge in [0.15, 0.2) is 5.65 Å². The van der Waals surface area contributed by atoms with E-state index in [0.29, 0.717) is 45.8 Å². The molecule has 1 aliphatic carbocycles. The average Bonchev–Trinajstić information content (AvgIpc) is 3.47. The van der Waals surface area contributed by atoms with Gasteiger partial charge in [0.1, 0.15) is 16.0 Å². The van der Waals surface area contributed by atoms with Gasteiger partial charge in [-0.1, -0.05) is 6.07 Å². The number of pyridine rings is 1. The van der Waals surface area contributed by atoms with Gasteiger partial charge in [-0.05, 0) is 78.5 Å². The summed E-state index contributed by atoms with van der Waals surface area (Å²) in [7, 11) is 0. The van der Waals surface area contributed by atoms with Gasteiger partial charge in [-0.25, -0.2) is 19.5 Å². The number of rotatable bonds is 6. The van der Waals surface area contributed by atoms with Crippen LogP contribution in [0.25, 0.3) is 32.5 Å². The molecule has 0 unspecified atom stereocenters. The Hall–Kier alpha value is -3.91. The molecule has 1 aliphatic rings. The number of fused-ring (bicyclic) bond motifs is 2. The summed E-state index contributed by atoms with van der Waals surface area (Å²) >= 11 is 3.51. The van der Waals surface area contributed by atoms with Crippen molar-refractivity contribution < 1.29 is 9.59 Å². The smallest absolute Gasteiger partial charge is 0.242 e. The molecule has 0 saturated heterocycles. The van der Waals surface area contributed by atoms with E-state index in [1.165, 1.54) is 0 Å². The van der Waals surface area contributed by atoms with Crippen LogP contribution in [0.15, 0.2) is 41.3 Å². The number of nitrogens with zero attached hydrogens (tertiary/aromatic N) is 6. The van der Waals surface area contributed by atoms with Crippen LogP contribution in [0, 0.1) is 18.4 Å². The van der Waals surface area contributed by atoms with Crippen LogP contribution >= 0.6 is 15.9 Å². The third kappa shape index (κ3) is 4.76. The normalized spacial score (nSPS) is 17.7. The first-order chi connectivity index (χ1) is 17.7. The van der Waals surface area contributed by atoms with Crippen LogP contribution < -0.4 is 11.1 Å². The molecule has 1 saturated carbocycles. The predicted molar refractivity (Wildman–Crippen MR) is 142 cm³/mol. The first-order valence-corrected chi connectivity index (χ1v) is 12.7. The zero-order valence-corrected chi connectivity index (χ0v) is 22.0. The molecule has 0 bridgehead atoms. The summed E-state index contributed by atoms with van der Waals surface area (Å²) in [5, 5.41) is 8.99. The van der Waals surface area contributed by atoms with Crippen LogP contribution in [0.3, 0.4) is 0 Å². The lowest BCUT2D eigenvalue weighted by molar-refractivity contribution is -0.132. The van der Waals surface area contributed by atoms with E-state index < -0.39 is 11.4 Å². The van der Waals surface area contributed by atoms with Crippen molar-refractivity contribution in [1.29, 1.82) is 0 Å². The van der Waals surface area contributed by atoms with Crippen LogP contribution in [-0.4, -0.2) is 42.1 Å². The Labute approximate surface area is 221 Å². The molecule has 0 radical (unpaired) electrons. The lowest BCUT2D eigenvalue weighted by Crippen LogP contribution is -2.54. The van der Waals surface area contributed by atoms with Crippen LogP contribution in [0.1, 0.15) is 38.9 Å². The van der Waals surface area contributed by atoms with Gasteiger partial charge >= 0.3 is 0 Å². The Morgan fingerprint density at radius 3 is 2.86 bits per heavy atom. The number of hydrogen-bond acceptors (Lipinski definition) is 6. The van der Waals surface area contributed by atoms with E-state index in [-0.39, 0.29) is 17.7 Å². The summed E-state index contributed by atoms with van der Waals surface area (Å²) in [6.45, 7) is 10.8. The highest BCUT2D eigenvalue weighted by Crippen LogP contribution is 2.34. The van der Waals surface area contributed by atoms with Crippen LogP contribution in [0.4, 0.5) is 5.69 Å². The molecule has 3 N–H and O–H groups in total. The molecule has 4 aromatic rings. The number of nitrogens with one attached hydrogen (secondary N) is 1. The number of benzene rings is 1. The second-order valence-corrected chi connectivity index (χ2v) is 10.7. The second kappa shape index (κ2) is 9.52. The number of aromatic nitrogens is 5. The van der Waals surface area contributed by atoms with Crippen molar-refractivity contribution in [2.24, 2.45) is 17.6 Å². The van der Waals surface area contributed by atoms with Gasteiger partial charge in [-0.2, -0.15) is 5.10 Å². The first kappa shape index (κ1) is 24.8. The van der Waals surface area contributed by atoms with Crippen molar-refractivity contribution in [1.82, 2.24) is 30.0 Å². The summed E-state index contributed by atoms with van der Waals surface area (Å²) in [5.41, 5.74) is 6.74. The SMILES string of the molecule is [C-]#[N+]c1cc(-n2nc(Br)c3cnc(C[C@@H]4CC[C@@H](C(=O)NC(C)(C)C(N)=O)C4)nc32)cc2cccnc12. The topological polar surface area (TPSA) is 133 Å². The molecular formula is C26H25BrN8O2. The maximum atomic E-state index is 12.7. The highest BCUT2D eigenvalue weighted by molar-refractivity contribution is 9.10. The minimum absolute atomic E-state index is 0.147. The highest BCUT2D eigenvalue weighted by atomic mass is 79.9. The number of nitrogens with two attached hydrogens (primary N) is 1. The van der Waals surface area contributed by atoms with Crippen molar-refractivity contribution in [3.63, 3.8) is 0 Å². The van der Waals surface area contributed by atoms with E-state index in [4.69, 9.17) is 17.3 Å². The third-order valence-corrected chi connectivity index (χ3v) is 7.48. The fourth-order valence-electron chi connectivity index (χ4n) is 4.78. The molecule has 0 aliphatic heterocycles. The second-order valence-electron chi connectivity index (χ2n) is 9.94. The van der Waals surface area contributed by atoms with E-state index in [2.05, 4.69) is 41.2 Å². The van der Waals surface area contributed by atoms with Crippen molar-refractivity contribution in [3.05, 3.63) is 58.5 Å². The average molecular weight is 561 g/mol. The number of primary amides is 1. The van der Waals surface area contributed by atoms with E-state index in [1.807, 2.05) is 18.2 Å². The van der Waals surface area contributed by atoms with Gasteiger partial charge in [0.2, 0.25) is 17.5 Å². The molecule has 37 heavy (non-hydrogen) atoms. The lowest BCUT2D eigenvalue weighted by atomic mass is 9.98. The van der Waals surface area contributed by atoms with Crippen molar-refractivity contribution >= 4 is 55.4 Å². The van der Waals surface area contributed by atoms with E-state index in [9.17, 15) is 9.59 Å². The van der Waals surface area contributed by atoms with E-state index >= 15 is 0 Å². The maximum absolute atomic E-state index is 12.7. The van der Waals surface area contributed by atoms with Crippen LogP contribution in [0.5, 0.6) is 0 Å². The summed E-state index contributed by atoms with van der Waals surface area (Å²) < 4.78 is 2.32. The van der Waals surface area contributed by atoms with Gasteiger partial charge in [0.05, 0.1) is 23.2 Å². The number of halogens is 1. The molecule has 5 rings (SSSR count). The maximum Gasteiger partial charge on any atom is 0.242 e. The molecule has 10 nitrogen and oxygen atoms in total. The summed E-state index contributed by atoms with van der Waals surface area (Å²) in [5.74, 6) is 0.0186. The standard InChI is InChI=1S/C26H25BrN8O2/c1-26(2,25(28)37)33-24(36)16-7-6-14(9-16)10-20-31-13-18-22(27)34-35(23(18)32-20)17-11-15-5-4-8-30-21(15)19(12-17)29-3/h4-5,8,11-14,16H,6-7,9-10H2,1-2H3,(H2,28,37)(H,33,36)/t14-,16-/m1/s1. The Balaban J connectivity index is 1.40. The quantitative estimate of drug-likeness (QED) is 0.342. The van der Waals surface area contributed by atoms with Crippen LogP contribution in [0.2, 0.25) is 0 Å². The zero-order valence-electron chi connectivity index (χ0n) is 20.4. The molecule has 3 heterocycles. The largest absolute Gasteiger partial charge is 0.368 e. The van der Waals surface area contributed by atoms with Gasteiger partial charge in [0.25, 0.3) is 0 Å². The Morgan fingerprint density at radius 1 is 1.30 bits per heavy atom. The zero-order chi connectivity index (χ0) is 26.3. The molecule has 188 valence electrons. The van der Waals surface area contributed by atoms with Gasteiger partial charge in [-0.15, -0.1) is 0 Å². The van der Waals surface area contributed by atoms with Gasteiger partial charge in [0, 0.05) is 24.7 Å². The predicted octanol–water partition coefficient (Wildman–Crippen LogP) is 4.02. The molecular weight excluding hydrogens is 536 g/mol. The molecule has 1 fully saturated rings.